The maximum absolute atomic E-state index is 12.5. The summed E-state index contributed by atoms with van der Waals surface area (Å²) in [4.78, 5) is 22.4. The molecule has 7 nitrogen and oxygen atoms in total. The van der Waals surface area contributed by atoms with Crippen LogP contribution in [0.3, 0.4) is 0 Å². The van der Waals surface area contributed by atoms with Crippen LogP contribution in [-0.2, 0) is 4.79 Å². The Kier molecular flexibility index (Phi) is 7.66. The van der Waals surface area contributed by atoms with Gasteiger partial charge in [0, 0.05) is 48.0 Å². The molecule has 1 fully saturated rings. The van der Waals surface area contributed by atoms with Crippen LogP contribution < -0.4 is 5.32 Å². The van der Waals surface area contributed by atoms with Gasteiger partial charge in [-0.3, -0.25) is 9.78 Å². The predicted molar refractivity (Wildman–Crippen MR) is 135 cm³/mol. The summed E-state index contributed by atoms with van der Waals surface area (Å²) < 4.78 is 0. The van der Waals surface area contributed by atoms with Gasteiger partial charge in [-0.25, -0.2) is 0 Å². The molecule has 2 aromatic heterocycles. The number of benzene rings is 1. The van der Waals surface area contributed by atoms with Gasteiger partial charge in [-0.1, -0.05) is 19.9 Å². The van der Waals surface area contributed by atoms with Gasteiger partial charge in [0.05, 0.1) is 24.9 Å². The van der Waals surface area contributed by atoms with Gasteiger partial charge in [0.2, 0.25) is 5.91 Å². The fraction of sp³-hybridized carbons (Fsp3) is 0.481. The lowest BCUT2D eigenvalue weighted by Crippen LogP contribution is -2.44. The molecule has 4 N–H and O–H groups in total. The van der Waals surface area contributed by atoms with Crippen molar-refractivity contribution in [2.75, 3.05) is 32.8 Å². The lowest BCUT2D eigenvalue weighted by atomic mass is 9.87. The molecular weight excluding hydrogens is 428 g/mol. The molecule has 1 aliphatic rings. The highest BCUT2D eigenvalue weighted by Gasteiger charge is 2.25. The Labute approximate surface area is 201 Å². The topological polar surface area (TPSA) is 101 Å². The standard InChI is InChI=1S/C27H36N4O3/c1-17(2)26-23-13-20(4-5-24(23)30-27(26)21-6-9-29-18(3)12-21)19-7-10-31(11-8-19)25(34)15-28-14-22(33)16-32/h4-6,9,12-13,17,19,22,28,30,32-33H,7-8,10-11,14-16H2,1-3H3. The highest BCUT2D eigenvalue weighted by molar-refractivity contribution is 5.92. The Balaban J connectivity index is 1.48. The minimum Gasteiger partial charge on any atom is -0.394 e. The third-order valence-electron chi connectivity index (χ3n) is 6.81. The number of amides is 1. The first-order valence-electron chi connectivity index (χ1n) is 12.2. The molecule has 1 saturated heterocycles. The summed E-state index contributed by atoms with van der Waals surface area (Å²) in [6, 6.07) is 11.0. The number of fused-ring (bicyclic) bond motifs is 1. The van der Waals surface area contributed by atoms with E-state index in [1.54, 1.807) is 0 Å². The number of aromatic nitrogens is 2. The lowest BCUT2D eigenvalue weighted by molar-refractivity contribution is -0.131. The summed E-state index contributed by atoms with van der Waals surface area (Å²) in [5, 5.41) is 22.5. The Morgan fingerprint density at radius 2 is 2.00 bits per heavy atom. The molecular formula is C27H36N4O3. The molecule has 4 rings (SSSR count). The van der Waals surface area contributed by atoms with Gasteiger partial charge >= 0.3 is 0 Å². The Morgan fingerprint density at radius 1 is 1.24 bits per heavy atom. The van der Waals surface area contributed by atoms with E-state index in [0.29, 0.717) is 11.8 Å². The van der Waals surface area contributed by atoms with Crippen LogP contribution in [-0.4, -0.2) is 69.9 Å². The van der Waals surface area contributed by atoms with E-state index in [4.69, 9.17) is 5.11 Å². The van der Waals surface area contributed by atoms with Gasteiger partial charge in [0.25, 0.3) is 0 Å². The van der Waals surface area contributed by atoms with Crippen molar-refractivity contribution >= 4 is 16.8 Å². The third-order valence-corrected chi connectivity index (χ3v) is 6.81. The largest absolute Gasteiger partial charge is 0.394 e. The number of nitrogens with one attached hydrogen (secondary N) is 2. The van der Waals surface area contributed by atoms with Crippen molar-refractivity contribution in [1.29, 1.82) is 0 Å². The molecule has 3 aromatic rings. The van der Waals surface area contributed by atoms with E-state index in [-0.39, 0.29) is 25.6 Å². The normalized spacial score (nSPS) is 15.9. The number of aryl methyl sites for hydroxylation is 1. The zero-order valence-electron chi connectivity index (χ0n) is 20.3. The van der Waals surface area contributed by atoms with Crippen LogP contribution in [0.2, 0.25) is 0 Å². The number of nitrogens with zero attached hydrogens (tertiary/aromatic N) is 2. The van der Waals surface area contributed by atoms with Crippen LogP contribution in [0, 0.1) is 6.92 Å². The van der Waals surface area contributed by atoms with Crippen LogP contribution in [0.25, 0.3) is 22.2 Å². The van der Waals surface area contributed by atoms with Gasteiger partial charge in [-0.2, -0.15) is 0 Å². The van der Waals surface area contributed by atoms with Gasteiger partial charge in [-0.05, 0) is 67.0 Å². The number of carbonyl (C=O) groups is 1. The van der Waals surface area contributed by atoms with Crippen LogP contribution in [0.4, 0.5) is 0 Å². The fourth-order valence-electron chi connectivity index (χ4n) is 5.00. The number of aliphatic hydroxyl groups excluding tert-OH is 2. The number of pyridine rings is 1. The number of rotatable bonds is 8. The van der Waals surface area contributed by atoms with Crippen molar-refractivity contribution in [3.05, 3.63) is 53.3 Å². The van der Waals surface area contributed by atoms with Gasteiger partial charge in [-0.15, -0.1) is 0 Å². The van der Waals surface area contributed by atoms with E-state index in [2.05, 4.69) is 59.5 Å². The molecule has 1 amide bonds. The molecule has 0 radical (unpaired) electrons. The zero-order valence-corrected chi connectivity index (χ0v) is 20.3. The molecule has 34 heavy (non-hydrogen) atoms. The Morgan fingerprint density at radius 3 is 2.68 bits per heavy atom. The van der Waals surface area contributed by atoms with E-state index in [9.17, 15) is 9.90 Å². The summed E-state index contributed by atoms with van der Waals surface area (Å²) in [5.74, 6) is 0.854. The number of hydrogen-bond donors (Lipinski definition) is 4. The zero-order chi connectivity index (χ0) is 24.2. The maximum atomic E-state index is 12.5. The van der Waals surface area contributed by atoms with E-state index in [1.165, 1.54) is 27.8 Å². The SMILES string of the molecule is Cc1cc(-c2[nH]c3ccc(C4CCN(C(=O)CNCC(O)CO)CC4)cc3c2C(C)C)ccn1. The summed E-state index contributed by atoms with van der Waals surface area (Å²) in [6.07, 6.45) is 2.91. The predicted octanol–water partition coefficient (Wildman–Crippen LogP) is 3.31. The van der Waals surface area contributed by atoms with Crippen molar-refractivity contribution in [3.8, 4) is 11.3 Å². The average Bonchev–Trinajstić information content (AvgIpc) is 3.23. The minimum absolute atomic E-state index is 0.0454. The molecule has 0 saturated carbocycles. The molecule has 7 heteroatoms. The molecule has 1 aliphatic heterocycles. The van der Waals surface area contributed by atoms with Crippen molar-refractivity contribution in [3.63, 3.8) is 0 Å². The van der Waals surface area contributed by atoms with E-state index >= 15 is 0 Å². The first-order valence-corrected chi connectivity index (χ1v) is 12.2. The average molecular weight is 465 g/mol. The van der Waals surface area contributed by atoms with Crippen molar-refractivity contribution < 1.29 is 15.0 Å². The maximum Gasteiger partial charge on any atom is 0.236 e. The molecule has 1 unspecified atom stereocenters. The highest BCUT2D eigenvalue weighted by atomic mass is 16.3. The first kappa shape index (κ1) is 24.4. The van der Waals surface area contributed by atoms with Gasteiger partial charge in [0.1, 0.15) is 0 Å². The molecule has 0 spiro atoms. The fourth-order valence-corrected chi connectivity index (χ4v) is 5.00. The molecule has 1 aromatic carbocycles. The van der Waals surface area contributed by atoms with E-state index in [1.807, 2.05) is 18.0 Å². The van der Waals surface area contributed by atoms with Crippen molar-refractivity contribution in [1.82, 2.24) is 20.2 Å². The third kappa shape index (κ3) is 5.32. The molecule has 0 bridgehead atoms. The second-order valence-corrected chi connectivity index (χ2v) is 9.68. The number of aromatic amines is 1. The number of piperidine rings is 1. The summed E-state index contributed by atoms with van der Waals surface area (Å²) >= 11 is 0. The van der Waals surface area contributed by atoms with Crippen molar-refractivity contribution in [2.45, 2.75) is 51.6 Å². The van der Waals surface area contributed by atoms with Crippen LogP contribution in [0.15, 0.2) is 36.5 Å². The van der Waals surface area contributed by atoms with Crippen LogP contribution in [0.5, 0.6) is 0 Å². The number of H-pyrrole nitrogens is 1. The van der Waals surface area contributed by atoms with E-state index < -0.39 is 6.10 Å². The summed E-state index contributed by atoms with van der Waals surface area (Å²) in [7, 11) is 0. The molecule has 182 valence electrons. The summed E-state index contributed by atoms with van der Waals surface area (Å²) in [5.41, 5.74) is 7.18. The lowest BCUT2D eigenvalue weighted by Gasteiger charge is -2.32. The number of aliphatic hydroxyl groups is 2. The Bertz CT molecular complexity index is 1130. The first-order chi connectivity index (χ1) is 16.4. The van der Waals surface area contributed by atoms with E-state index in [0.717, 1.165) is 37.1 Å². The van der Waals surface area contributed by atoms with Gasteiger partial charge < -0.3 is 25.4 Å². The van der Waals surface area contributed by atoms with Crippen molar-refractivity contribution in [2.24, 2.45) is 0 Å². The van der Waals surface area contributed by atoms with Gasteiger partial charge in [0.15, 0.2) is 0 Å². The minimum atomic E-state index is -0.833. The number of carbonyl (C=O) groups excluding carboxylic acids is 1. The van der Waals surface area contributed by atoms with Crippen LogP contribution >= 0.6 is 0 Å². The second kappa shape index (κ2) is 10.7. The molecule has 3 heterocycles. The highest BCUT2D eigenvalue weighted by Crippen LogP contribution is 2.38. The Hall–Kier alpha value is -2.74. The number of hydrogen-bond acceptors (Lipinski definition) is 5. The van der Waals surface area contributed by atoms with Crippen LogP contribution in [0.1, 0.15) is 55.3 Å². The monoisotopic (exact) mass is 464 g/mol. The molecule has 1 atom stereocenters. The molecule has 0 aliphatic carbocycles. The summed E-state index contributed by atoms with van der Waals surface area (Å²) in [6.45, 7) is 8.07. The number of likely N-dealkylation sites (tertiary alicyclic amines) is 1. The smallest absolute Gasteiger partial charge is 0.236 e. The quantitative estimate of drug-likeness (QED) is 0.410. The second-order valence-electron chi connectivity index (χ2n) is 9.68.